The highest BCUT2D eigenvalue weighted by Gasteiger charge is 2.38. The zero-order valence-electron chi connectivity index (χ0n) is 8.60. The summed E-state index contributed by atoms with van der Waals surface area (Å²) in [5.74, 6) is 0.795. The van der Waals surface area contributed by atoms with E-state index in [2.05, 4.69) is 12.0 Å². The molecule has 14 heavy (non-hydrogen) atoms. The summed E-state index contributed by atoms with van der Waals surface area (Å²) in [6.07, 6.45) is 4.59. The van der Waals surface area contributed by atoms with Crippen LogP contribution in [0.2, 0.25) is 0 Å². The Morgan fingerprint density at radius 2 is 2.57 bits per heavy atom. The van der Waals surface area contributed by atoms with Crippen LogP contribution in [0.5, 0.6) is 0 Å². The predicted octanol–water partition coefficient (Wildman–Crippen LogP) is 1.62. The molecule has 0 aliphatic carbocycles. The first-order valence-corrected chi connectivity index (χ1v) is 6.06. The largest absolute Gasteiger partial charge is 0.384 e. The summed E-state index contributed by atoms with van der Waals surface area (Å²) < 4.78 is 1.86. The van der Waals surface area contributed by atoms with Crippen LogP contribution in [0.1, 0.15) is 25.8 Å². The fourth-order valence-corrected chi connectivity index (χ4v) is 3.09. The van der Waals surface area contributed by atoms with Gasteiger partial charge in [-0.2, -0.15) is 16.9 Å². The number of rotatable bonds is 2. The lowest BCUT2D eigenvalue weighted by Crippen LogP contribution is -2.24. The van der Waals surface area contributed by atoms with Gasteiger partial charge in [-0.3, -0.25) is 4.68 Å². The van der Waals surface area contributed by atoms with Crippen LogP contribution in [0, 0.1) is 0 Å². The zero-order valence-corrected chi connectivity index (χ0v) is 9.42. The molecular formula is C10H16N2OS. The molecule has 4 heteroatoms. The van der Waals surface area contributed by atoms with E-state index in [1.54, 1.807) is 6.20 Å². The zero-order chi connectivity index (χ0) is 10.2. The van der Waals surface area contributed by atoms with Crippen LogP contribution < -0.4 is 0 Å². The van der Waals surface area contributed by atoms with Gasteiger partial charge in [0.25, 0.3) is 0 Å². The standard InChI is InChI=1S/C10H16N2OS/c1-3-12-6-9(5-11-12)10(13)4-8(2)14-7-10/h5-6,8,13H,3-4,7H2,1-2H3. The van der Waals surface area contributed by atoms with E-state index in [9.17, 15) is 5.11 Å². The lowest BCUT2D eigenvalue weighted by Gasteiger charge is -2.19. The Kier molecular flexibility index (Phi) is 2.58. The summed E-state index contributed by atoms with van der Waals surface area (Å²) in [4.78, 5) is 0. The van der Waals surface area contributed by atoms with Gasteiger partial charge in [-0.1, -0.05) is 6.92 Å². The van der Waals surface area contributed by atoms with E-state index in [1.165, 1.54) is 0 Å². The second-order valence-electron chi connectivity index (χ2n) is 3.94. The minimum absolute atomic E-state index is 0.546. The second kappa shape index (κ2) is 3.59. The minimum Gasteiger partial charge on any atom is -0.384 e. The molecule has 2 heterocycles. The van der Waals surface area contributed by atoms with Gasteiger partial charge in [0, 0.05) is 29.3 Å². The van der Waals surface area contributed by atoms with Gasteiger partial charge in [-0.05, 0) is 13.3 Å². The average molecular weight is 212 g/mol. The summed E-state index contributed by atoms with van der Waals surface area (Å²) in [6.45, 7) is 5.07. The normalized spacial score (nSPS) is 32.4. The fraction of sp³-hybridized carbons (Fsp3) is 0.700. The highest BCUT2D eigenvalue weighted by Crippen LogP contribution is 2.40. The van der Waals surface area contributed by atoms with Crippen LogP contribution in [0.25, 0.3) is 0 Å². The van der Waals surface area contributed by atoms with Crippen molar-refractivity contribution in [3.05, 3.63) is 18.0 Å². The lowest BCUT2D eigenvalue weighted by atomic mass is 9.94. The summed E-state index contributed by atoms with van der Waals surface area (Å²) in [5, 5.41) is 15.1. The summed E-state index contributed by atoms with van der Waals surface area (Å²) >= 11 is 1.83. The summed E-state index contributed by atoms with van der Waals surface area (Å²) in [5.41, 5.74) is 0.327. The quantitative estimate of drug-likeness (QED) is 0.809. The van der Waals surface area contributed by atoms with E-state index in [1.807, 2.05) is 29.6 Å². The highest BCUT2D eigenvalue weighted by atomic mass is 32.2. The SMILES string of the molecule is CCn1cc(C2(O)CSC(C)C2)cn1. The van der Waals surface area contributed by atoms with Gasteiger partial charge in [0.15, 0.2) is 0 Å². The molecule has 0 radical (unpaired) electrons. The van der Waals surface area contributed by atoms with Crippen molar-refractivity contribution >= 4 is 11.8 Å². The molecule has 0 spiro atoms. The van der Waals surface area contributed by atoms with Gasteiger partial charge >= 0.3 is 0 Å². The molecule has 1 aliphatic heterocycles. The Morgan fingerprint density at radius 1 is 1.79 bits per heavy atom. The molecule has 1 saturated heterocycles. The number of nitrogens with zero attached hydrogens (tertiary/aromatic N) is 2. The molecule has 1 N–H and O–H groups in total. The molecule has 78 valence electrons. The molecule has 2 rings (SSSR count). The van der Waals surface area contributed by atoms with E-state index in [4.69, 9.17) is 0 Å². The van der Waals surface area contributed by atoms with Crippen molar-refractivity contribution in [2.24, 2.45) is 0 Å². The van der Waals surface area contributed by atoms with Gasteiger partial charge in [-0.25, -0.2) is 0 Å². The summed E-state index contributed by atoms with van der Waals surface area (Å²) in [6, 6.07) is 0. The van der Waals surface area contributed by atoms with Crippen molar-refractivity contribution in [2.45, 2.75) is 37.7 Å². The van der Waals surface area contributed by atoms with E-state index in [0.29, 0.717) is 5.25 Å². The number of aliphatic hydroxyl groups is 1. The molecule has 3 nitrogen and oxygen atoms in total. The van der Waals surface area contributed by atoms with Crippen LogP contribution >= 0.6 is 11.8 Å². The van der Waals surface area contributed by atoms with Crippen LogP contribution in [0.4, 0.5) is 0 Å². The van der Waals surface area contributed by atoms with Crippen LogP contribution in [0.15, 0.2) is 12.4 Å². The van der Waals surface area contributed by atoms with Crippen molar-refractivity contribution in [1.82, 2.24) is 9.78 Å². The molecule has 2 unspecified atom stereocenters. The van der Waals surface area contributed by atoms with E-state index >= 15 is 0 Å². The molecule has 0 aromatic carbocycles. The number of aryl methyl sites for hydroxylation is 1. The van der Waals surface area contributed by atoms with Gasteiger partial charge in [-0.15, -0.1) is 0 Å². The molecule has 1 aliphatic rings. The van der Waals surface area contributed by atoms with Crippen molar-refractivity contribution in [3.8, 4) is 0 Å². The lowest BCUT2D eigenvalue weighted by molar-refractivity contribution is 0.0611. The number of hydrogen-bond acceptors (Lipinski definition) is 3. The first-order valence-electron chi connectivity index (χ1n) is 5.01. The molecule has 0 bridgehead atoms. The number of aromatic nitrogens is 2. The predicted molar refractivity (Wildman–Crippen MR) is 58.3 cm³/mol. The molecule has 1 aromatic rings. The van der Waals surface area contributed by atoms with Crippen molar-refractivity contribution < 1.29 is 5.11 Å². The van der Waals surface area contributed by atoms with E-state index in [-0.39, 0.29) is 0 Å². The van der Waals surface area contributed by atoms with Gasteiger partial charge in [0.1, 0.15) is 5.60 Å². The van der Waals surface area contributed by atoms with Gasteiger partial charge < -0.3 is 5.11 Å². The first kappa shape index (κ1) is 10.1. The Balaban J connectivity index is 2.21. The number of hydrogen-bond donors (Lipinski definition) is 1. The molecule has 1 fully saturated rings. The van der Waals surface area contributed by atoms with Crippen molar-refractivity contribution in [3.63, 3.8) is 0 Å². The third-order valence-corrected chi connectivity index (χ3v) is 4.11. The maximum absolute atomic E-state index is 10.4. The third-order valence-electron chi connectivity index (χ3n) is 2.73. The highest BCUT2D eigenvalue weighted by molar-refractivity contribution is 8.00. The fourth-order valence-electron chi connectivity index (χ4n) is 1.85. The topological polar surface area (TPSA) is 38.0 Å². The molecule has 2 atom stereocenters. The van der Waals surface area contributed by atoms with Gasteiger partial charge in [0.05, 0.1) is 6.20 Å². The third kappa shape index (κ3) is 1.68. The van der Waals surface area contributed by atoms with Crippen LogP contribution in [-0.2, 0) is 12.1 Å². The summed E-state index contributed by atoms with van der Waals surface area (Å²) in [7, 11) is 0. The molecule has 1 aromatic heterocycles. The second-order valence-corrected chi connectivity index (χ2v) is 5.37. The van der Waals surface area contributed by atoms with Crippen molar-refractivity contribution in [2.75, 3.05) is 5.75 Å². The Bertz CT molecular complexity index is 326. The van der Waals surface area contributed by atoms with Crippen LogP contribution in [0.3, 0.4) is 0 Å². The van der Waals surface area contributed by atoms with Gasteiger partial charge in [0.2, 0.25) is 0 Å². The molecule has 0 saturated carbocycles. The monoisotopic (exact) mass is 212 g/mol. The Hall–Kier alpha value is -0.480. The van der Waals surface area contributed by atoms with Crippen molar-refractivity contribution in [1.29, 1.82) is 0 Å². The minimum atomic E-state index is -0.641. The average Bonchev–Trinajstić information content (AvgIpc) is 2.73. The first-order chi connectivity index (χ1) is 6.64. The smallest absolute Gasteiger partial charge is 0.103 e. The van der Waals surface area contributed by atoms with E-state index < -0.39 is 5.60 Å². The number of thioether (sulfide) groups is 1. The molecule has 0 amide bonds. The van der Waals surface area contributed by atoms with E-state index in [0.717, 1.165) is 24.3 Å². The Labute approximate surface area is 88.5 Å². The maximum Gasteiger partial charge on any atom is 0.103 e. The maximum atomic E-state index is 10.4. The molecular weight excluding hydrogens is 196 g/mol. The Morgan fingerprint density at radius 3 is 3.07 bits per heavy atom. The van der Waals surface area contributed by atoms with Crippen LogP contribution in [-0.4, -0.2) is 25.9 Å².